The highest BCUT2D eigenvalue weighted by Crippen LogP contribution is 2.08. The Morgan fingerprint density at radius 3 is 2.53 bits per heavy atom. The summed E-state index contributed by atoms with van der Waals surface area (Å²) < 4.78 is 25.2. The summed E-state index contributed by atoms with van der Waals surface area (Å²) in [6, 6.07) is 0. The molecular weight excluding hydrogens is 270 g/mol. The summed E-state index contributed by atoms with van der Waals surface area (Å²) in [6.45, 7) is 2.28. The molecule has 0 radical (unpaired) electrons. The molecule has 1 heterocycles. The van der Waals surface area contributed by atoms with Gasteiger partial charge in [-0.1, -0.05) is 6.92 Å². The average molecular weight is 289 g/mol. The van der Waals surface area contributed by atoms with Gasteiger partial charge in [-0.2, -0.15) is 15.0 Å². The molecule has 9 nitrogen and oxygen atoms in total. The van der Waals surface area contributed by atoms with Crippen LogP contribution in [0.4, 0.5) is 17.8 Å². The number of rotatable bonds is 7. The lowest BCUT2D eigenvalue weighted by atomic mass is 10.7. The first-order chi connectivity index (χ1) is 8.84. The van der Waals surface area contributed by atoms with Crippen molar-refractivity contribution in [3.8, 4) is 0 Å². The predicted octanol–water partition coefficient (Wildman–Crippen LogP) is -1.13. The zero-order valence-electron chi connectivity index (χ0n) is 11.2. The summed E-state index contributed by atoms with van der Waals surface area (Å²) in [5, 5.41) is 2.81. The molecule has 10 heteroatoms. The Kier molecular flexibility index (Phi) is 5.24. The topological polar surface area (TPSA) is 126 Å². The fourth-order valence-electron chi connectivity index (χ4n) is 1.25. The molecule has 0 spiro atoms. The number of hydrogen-bond donors (Lipinski definition) is 3. The van der Waals surface area contributed by atoms with Crippen molar-refractivity contribution in [3.63, 3.8) is 0 Å². The Bertz CT molecular complexity index is 517. The smallest absolute Gasteiger partial charge is 0.231 e. The number of nitrogens with one attached hydrogen (secondary N) is 2. The van der Waals surface area contributed by atoms with E-state index in [9.17, 15) is 8.42 Å². The molecule has 108 valence electrons. The van der Waals surface area contributed by atoms with Crippen molar-refractivity contribution in [2.45, 2.75) is 6.92 Å². The molecule has 0 fully saturated rings. The van der Waals surface area contributed by atoms with Crippen molar-refractivity contribution in [3.05, 3.63) is 0 Å². The lowest BCUT2D eigenvalue weighted by molar-refractivity contribution is 0.584. The third-order valence-electron chi connectivity index (χ3n) is 2.06. The molecule has 19 heavy (non-hydrogen) atoms. The quantitative estimate of drug-likeness (QED) is 0.575. The number of anilines is 3. The summed E-state index contributed by atoms with van der Waals surface area (Å²) in [4.78, 5) is 13.6. The van der Waals surface area contributed by atoms with Crippen molar-refractivity contribution in [1.82, 2.24) is 19.7 Å². The second-order valence-corrected chi connectivity index (χ2v) is 5.88. The van der Waals surface area contributed by atoms with E-state index in [0.29, 0.717) is 12.5 Å². The zero-order valence-corrected chi connectivity index (χ0v) is 12.0. The van der Waals surface area contributed by atoms with Crippen LogP contribution in [0.25, 0.3) is 0 Å². The lowest BCUT2D eigenvalue weighted by Crippen LogP contribution is -2.29. The molecule has 0 aliphatic rings. The molecule has 0 aliphatic heterocycles. The predicted molar refractivity (Wildman–Crippen MR) is 74.5 cm³/mol. The Hall–Kier alpha value is -1.68. The first kappa shape index (κ1) is 15.4. The zero-order chi connectivity index (χ0) is 14.5. The highest BCUT2D eigenvalue weighted by molar-refractivity contribution is 7.89. The molecule has 1 aromatic rings. The molecule has 0 amide bonds. The van der Waals surface area contributed by atoms with E-state index in [2.05, 4.69) is 25.0 Å². The van der Waals surface area contributed by atoms with Gasteiger partial charge in [0.05, 0.1) is 5.75 Å². The summed E-state index contributed by atoms with van der Waals surface area (Å²) in [6.07, 6.45) is 0. The van der Waals surface area contributed by atoms with E-state index in [-0.39, 0.29) is 24.2 Å². The van der Waals surface area contributed by atoms with Gasteiger partial charge in [0.25, 0.3) is 0 Å². The Morgan fingerprint density at radius 2 is 1.95 bits per heavy atom. The van der Waals surface area contributed by atoms with Crippen LogP contribution in [0.5, 0.6) is 0 Å². The number of nitrogens with two attached hydrogens (primary N) is 1. The third kappa shape index (κ3) is 5.22. The first-order valence-electron chi connectivity index (χ1n) is 5.74. The number of aromatic nitrogens is 3. The maximum Gasteiger partial charge on any atom is 0.231 e. The SMILES string of the molecule is CCNS(=O)(=O)CCNc1nc(N)nc(N(C)C)n1. The minimum absolute atomic E-state index is 0.0657. The fourth-order valence-corrected chi connectivity index (χ4v) is 2.20. The van der Waals surface area contributed by atoms with Gasteiger partial charge < -0.3 is 16.0 Å². The highest BCUT2D eigenvalue weighted by Gasteiger charge is 2.09. The maximum atomic E-state index is 11.4. The van der Waals surface area contributed by atoms with Crippen molar-refractivity contribution in [1.29, 1.82) is 0 Å². The van der Waals surface area contributed by atoms with Crippen molar-refractivity contribution in [2.75, 3.05) is 48.9 Å². The number of nitrogens with zero attached hydrogens (tertiary/aromatic N) is 4. The van der Waals surface area contributed by atoms with Gasteiger partial charge in [-0.15, -0.1) is 0 Å². The van der Waals surface area contributed by atoms with E-state index in [0.717, 1.165) is 0 Å². The van der Waals surface area contributed by atoms with Gasteiger partial charge in [0, 0.05) is 27.2 Å². The van der Waals surface area contributed by atoms with Gasteiger partial charge >= 0.3 is 0 Å². The molecule has 0 bridgehead atoms. The molecule has 0 unspecified atom stereocenters. The van der Waals surface area contributed by atoms with Gasteiger partial charge in [-0.25, -0.2) is 13.1 Å². The summed E-state index contributed by atoms with van der Waals surface area (Å²) in [5.74, 6) is 0.673. The molecule has 0 aliphatic carbocycles. The van der Waals surface area contributed by atoms with E-state index >= 15 is 0 Å². The summed E-state index contributed by atoms with van der Waals surface area (Å²) in [7, 11) is 0.280. The Balaban J connectivity index is 2.63. The van der Waals surface area contributed by atoms with Crippen LogP contribution in [0.1, 0.15) is 6.92 Å². The van der Waals surface area contributed by atoms with Crippen LogP contribution in [0.15, 0.2) is 0 Å². The van der Waals surface area contributed by atoms with Gasteiger partial charge in [0.1, 0.15) is 0 Å². The van der Waals surface area contributed by atoms with Gasteiger partial charge in [0.2, 0.25) is 27.9 Å². The molecule has 1 rings (SSSR count). The molecule has 0 aromatic carbocycles. The van der Waals surface area contributed by atoms with Crippen LogP contribution in [0, 0.1) is 0 Å². The Morgan fingerprint density at radius 1 is 1.26 bits per heavy atom. The van der Waals surface area contributed by atoms with E-state index in [4.69, 9.17) is 5.73 Å². The van der Waals surface area contributed by atoms with Gasteiger partial charge in [-0.3, -0.25) is 0 Å². The van der Waals surface area contributed by atoms with Crippen LogP contribution in [0.3, 0.4) is 0 Å². The second kappa shape index (κ2) is 6.48. The minimum atomic E-state index is -3.26. The van der Waals surface area contributed by atoms with Crippen molar-refractivity contribution < 1.29 is 8.42 Å². The average Bonchev–Trinajstić information content (AvgIpc) is 2.27. The van der Waals surface area contributed by atoms with Crippen LogP contribution < -0.4 is 20.7 Å². The summed E-state index contributed by atoms with van der Waals surface area (Å²) >= 11 is 0. The largest absolute Gasteiger partial charge is 0.368 e. The van der Waals surface area contributed by atoms with E-state index in [1.54, 1.807) is 25.9 Å². The van der Waals surface area contributed by atoms with Crippen molar-refractivity contribution in [2.24, 2.45) is 0 Å². The van der Waals surface area contributed by atoms with Gasteiger partial charge in [0.15, 0.2) is 0 Å². The molecule has 0 atom stereocenters. The summed E-state index contributed by atoms with van der Waals surface area (Å²) in [5.41, 5.74) is 5.54. The second-order valence-electron chi connectivity index (χ2n) is 3.96. The van der Waals surface area contributed by atoms with E-state index < -0.39 is 10.0 Å². The lowest BCUT2D eigenvalue weighted by Gasteiger charge is -2.12. The highest BCUT2D eigenvalue weighted by atomic mass is 32.2. The number of sulfonamides is 1. The molecular formula is C9H19N7O2S. The van der Waals surface area contributed by atoms with Crippen LogP contribution in [0.2, 0.25) is 0 Å². The van der Waals surface area contributed by atoms with Gasteiger partial charge in [-0.05, 0) is 0 Å². The van der Waals surface area contributed by atoms with Crippen LogP contribution >= 0.6 is 0 Å². The Labute approximate surface area is 112 Å². The standard InChI is InChI=1S/C9H19N7O2S/c1-4-12-19(17,18)6-5-11-8-13-7(10)14-9(15-8)16(2)3/h12H,4-6H2,1-3H3,(H3,10,11,13,14,15). The maximum absolute atomic E-state index is 11.4. The monoisotopic (exact) mass is 289 g/mol. The fraction of sp³-hybridized carbons (Fsp3) is 0.667. The molecule has 4 N–H and O–H groups in total. The third-order valence-corrected chi connectivity index (χ3v) is 3.53. The molecule has 1 aromatic heterocycles. The normalized spacial score (nSPS) is 11.3. The van der Waals surface area contributed by atoms with E-state index in [1.807, 2.05) is 0 Å². The van der Waals surface area contributed by atoms with Crippen LogP contribution in [-0.4, -0.2) is 56.3 Å². The molecule has 0 saturated heterocycles. The van der Waals surface area contributed by atoms with Crippen molar-refractivity contribution >= 4 is 27.9 Å². The minimum Gasteiger partial charge on any atom is -0.368 e. The number of hydrogen-bond acceptors (Lipinski definition) is 8. The van der Waals surface area contributed by atoms with E-state index in [1.165, 1.54) is 0 Å². The number of nitrogen functional groups attached to an aromatic ring is 1. The first-order valence-corrected chi connectivity index (χ1v) is 7.39. The van der Waals surface area contributed by atoms with Crippen LogP contribution in [-0.2, 0) is 10.0 Å². The molecule has 0 saturated carbocycles.